The van der Waals surface area contributed by atoms with Crippen LogP contribution < -0.4 is 14.8 Å². The van der Waals surface area contributed by atoms with E-state index in [0.29, 0.717) is 0 Å². The third kappa shape index (κ3) is 8.84. The van der Waals surface area contributed by atoms with Crippen LogP contribution in [0.15, 0.2) is 72.9 Å². The number of hydrogen-bond donors (Lipinski definition) is 1. The van der Waals surface area contributed by atoms with Crippen molar-refractivity contribution in [2.24, 2.45) is 5.92 Å². The van der Waals surface area contributed by atoms with Gasteiger partial charge in [-0.1, -0.05) is 60.7 Å². The number of aromatic nitrogens is 1. The number of pyridine rings is 1. The van der Waals surface area contributed by atoms with Gasteiger partial charge in [-0.2, -0.15) is 0 Å². The number of ether oxygens (including phenoxy) is 4. The zero-order valence-corrected chi connectivity index (χ0v) is 22.6. The van der Waals surface area contributed by atoms with Crippen LogP contribution in [0.25, 0.3) is 0 Å². The van der Waals surface area contributed by atoms with Crippen LogP contribution in [-0.4, -0.2) is 48.9 Å². The van der Waals surface area contributed by atoms with Gasteiger partial charge >= 0.3 is 11.9 Å². The smallest absolute Gasteiger partial charge is 0.328 e. The van der Waals surface area contributed by atoms with Gasteiger partial charge in [0.1, 0.15) is 12.1 Å². The minimum Gasteiger partial charge on any atom is -0.493 e. The van der Waals surface area contributed by atoms with E-state index in [-0.39, 0.29) is 24.5 Å². The Morgan fingerprint density at radius 1 is 0.923 bits per heavy atom. The van der Waals surface area contributed by atoms with Crippen LogP contribution >= 0.6 is 0 Å². The first-order chi connectivity index (χ1) is 18.8. The zero-order valence-electron chi connectivity index (χ0n) is 22.6. The third-order valence-corrected chi connectivity index (χ3v) is 6.12. The quantitative estimate of drug-likeness (QED) is 0.253. The van der Waals surface area contributed by atoms with Crippen molar-refractivity contribution in [3.63, 3.8) is 0 Å². The summed E-state index contributed by atoms with van der Waals surface area (Å²) >= 11 is 0. The first kappa shape index (κ1) is 29.2. The Kier molecular flexibility index (Phi) is 10.9. The van der Waals surface area contributed by atoms with Gasteiger partial charge in [-0.05, 0) is 37.8 Å². The molecule has 39 heavy (non-hydrogen) atoms. The summed E-state index contributed by atoms with van der Waals surface area (Å²) in [6.07, 6.45) is 2.40. The Hall–Kier alpha value is -4.40. The summed E-state index contributed by atoms with van der Waals surface area (Å²) in [4.78, 5) is 41.2. The molecule has 9 nitrogen and oxygen atoms in total. The first-order valence-electron chi connectivity index (χ1n) is 12.7. The van der Waals surface area contributed by atoms with Crippen molar-refractivity contribution in [3.05, 3.63) is 89.7 Å². The average molecular weight is 537 g/mol. The number of hydrogen-bond acceptors (Lipinski definition) is 8. The van der Waals surface area contributed by atoms with E-state index in [4.69, 9.17) is 18.9 Å². The Morgan fingerprint density at radius 3 is 2.05 bits per heavy atom. The van der Waals surface area contributed by atoms with Gasteiger partial charge in [-0.15, -0.1) is 0 Å². The van der Waals surface area contributed by atoms with Crippen LogP contribution in [0.1, 0.15) is 43.8 Å². The number of rotatable bonds is 13. The lowest BCUT2D eigenvalue weighted by atomic mass is 9.88. The third-order valence-electron chi connectivity index (χ3n) is 6.12. The van der Waals surface area contributed by atoms with Crippen molar-refractivity contribution >= 4 is 17.8 Å². The van der Waals surface area contributed by atoms with Gasteiger partial charge in [0.05, 0.1) is 7.11 Å². The molecule has 0 saturated heterocycles. The van der Waals surface area contributed by atoms with Crippen molar-refractivity contribution in [2.45, 2.75) is 45.8 Å². The molecule has 1 aromatic heterocycles. The van der Waals surface area contributed by atoms with Crippen LogP contribution in [0.3, 0.4) is 0 Å². The zero-order chi connectivity index (χ0) is 28.2. The van der Waals surface area contributed by atoms with Crippen molar-refractivity contribution in [2.75, 3.05) is 13.9 Å². The summed E-state index contributed by atoms with van der Waals surface area (Å²) in [6.45, 7) is 4.20. The van der Waals surface area contributed by atoms with Crippen LogP contribution in [0.2, 0.25) is 0 Å². The van der Waals surface area contributed by atoms with Crippen LogP contribution in [-0.2, 0) is 31.9 Å². The lowest BCUT2D eigenvalue weighted by Crippen LogP contribution is -2.42. The summed E-state index contributed by atoms with van der Waals surface area (Å²) in [6, 6.07) is 20.6. The number of carbonyl (C=O) groups is 3. The molecule has 2 atom stereocenters. The minimum absolute atomic E-state index is 0. The highest BCUT2D eigenvalue weighted by Gasteiger charge is 2.27. The summed E-state index contributed by atoms with van der Waals surface area (Å²) in [5.74, 6) is -1.58. The van der Waals surface area contributed by atoms with E-state index in [2.05, 4.69) is 34.6 Å². The van der Waals surface area contributed by atoms with Gasteiger partial charge in [0.2, 0.25) is 6.79 Å². The molecule has 0 spiro atoms. The molecule has 2 aromatic carbocycles. The lowest BCUT2D eigenvalue weighted by Gasteiger charge is -2.26. The molecular weight excluding hydrogens is 500 g/mol. The number of amides is 1. The largest absolute Gasteiger partial charge is 0.493 e. The maximum absolute atomic E-state index is 13.0. The molecule has 0 aliphatic rings. The topological polar surface area (TPSA) is 113 Å². The molecule has 9 heteroatoms. The van der Waals surface area contributed by atoms with Gasteiger partial charge in [0.15, 0.2) is 17.2 Å². The molecule has 3 rings (SSSR count). The molecule has 0 radical (unpaired) electrons. The van der Waals surface area contributed by atoms with E-state index in [0.717, 1.165) is 24.0 Å². The fourth-order valence-electron chi connectivity index (χ4n) is 4.01. The molecular formula is C30H36N2O7. The Bertz CT molecular complexity index is 1200. The number of carbonyl (C=O) groups excluding carboxylic acids is 3. The monoisotopic (exact) mass is 536 g/mol. The standard InChI is InChI=1S/C30H34N2O7.H2/c1-20(32-29(34)27-28(38-19-37-22(3)33)26(36-4)15-16-31-27)30(35)39-21(2)25(17-23-11-7-5-8-12-23)18-24-13-9-6-10-14-24;/h5-16,20-21,25H,17-19H2,1-4H3,(H,32,34);1H/t20-,21?;/m0./s1. The van der Waals surface area contributed by atoms with E-state index in [9.17, 15) is 14.4 Å². The van der Waals surface area contributed by atoms with E-state index < -0.39 is 36.8 Å². The predicted molar refractivity (Wildman–Crippen MR) is 146 cm³/mol. The molecule has 0 saturated carbocycles. The van der Waals surface area contributed by atoms with Crippen LogP contribution in [0.5, 0.6) is 11.5 Å². The fraction of sp³-hybridized carbons (Fsp3) is 0.333. The van der Waals surface area contributed by atoms with Gasteiger partial charge < -0.3 is 24.3 Å². The number of nitrogens with one attached hydrogen (secondary N) is 1. The van der Waals surface area contributed by atoms with Crippen LogP contribution in [0, 0.1) is 5.92 Å². The van der Waals surface area contributed by atoms with E-state index in [1.807, 2.05) is 43.3 Å². The van der Waals surface area contributed by atoms with E-state index in [1.54, 1.807) is 0 Å². The molecule has 1 unspecified atom stereocenters. The fourth-order valence-corrected chi connectivity index (χ4v) is 4.01. The van der Waals surface area contributed by atoms with Crippen molar-refractivity contribution in [1.29, 1.82) is 0 Å². The molecule has 0 aliphatic carbocycles. The normalized spacial score (nSPS) is 12.2. The van der Waals surface area contributed by atoms with Crippen molar-refractivity contribution < 1.29 is 34.8 Å². The lowest BCUT2D eigenvalue weighted by molar-refractivity contribution is -0.152. The highest BCUT2D eigenvalue weighted by atomic mass is 16.7. The summed E-state index contributed by atoms with van der Waals surface area (Å²) in [7, 11) is 1.40. The molecule has 1 heterocycles. The second kappa shape index (κ2) is 14.5. The first-order valence-corrected chi connectivity index (χ1v) is 12.7. The summed E-state index contributed by atoms with van der Waals surface area (Å²) in [5, 5.41) is 2.61. The maximum Gasteiger partial charge on any atom is 0.328 e. The molecule has 3 aromatic rings. The van der Waals surface area contributed by atoms with E-state index >= 15 is 0 Å². The minimum atomic E-state index is -0.969. The second-order valence-corrected chi connectivity index (χ2v) is 9.07. The Balaban J connectivity index is 0.00000560. The highest BCUT2D eigenvalue weighted by molar-refractivity contribution is 5.98. The highest BCUT2D eigenvalue weighted by Crippen LogP contribution is 2.29. The Morgan fingerprint density at radius 2 is 1.51 bits per heavy atom. The predicted octanol–water partition coefficient (Wildman–Crippen LogP) is 4.39. The van der Waals surface area contributed by atoms with Crippen molar-refractivity contribution in [3.8, 4) is 11.5 Å². The second-order valence-electron chi connectivity index (χ2n) is 9.07. The number of methoxy groups -OCH3 is 1. The van der Waals surface area contributed by atoms with Gasteiger partial charge in [-0.3, -0.25) is 9.59 Å². The molecule has 1 amide bonds. The van der Waals surface area contributed by atoms with Gasteiger partial charge in [0, 0.05) is 26.5 Å². The van der Waals surface area contributed by atoms with Crippen LogP contribution in [0.4, 0.5) is 0 Å². The van der Waals surface area contributed by atoms with Gasteiger partial charge in [-0.25, -0.2) is 9.78 Å². The average Bonchev–Trinajstić information content (AvgIpc) is 2.93. The molecule has 0 bridgehead atoms. The molecule has 208 valence electrons. The summed E-state index contributed by atoms with van der Waals surface area (Å²) < 4.78 is 21.3. The van der Waals surface area contributed by atoms with E-state index in [1.165, 1.54) is 33.2 Å². The summed E-state index contributed by atoms with van der Waals surface area (Å²) in [5.41, 5.74) is 2.17. The maximum atomic E-state index is 13.0. The molecule has 0 fully saturated rings. The SMILES string of the molecule is COc1ccnc(C(=O)N[C@@H](C)C(=O)OC(C)C(Cc2ccccc2)Cc2ccccc2)c1OCOC(C)=O.[HH]. The molecule has 1 N–H and O–H groups in total. The van der Waals surface area contributed by atoms with Crippen molar-refractivity contribution in [1.82, 2.24) is 10.3 Å². The Labute approximate surface area is 229 Å². The number of benzene rings is 2. The number of esters is 2. The molecule has 0 aliphatic heterocycles. The van der Waals surface area contributed by atoms with Gasteiger partial charge in [0.25, 0.3) is 5.91 Å². The number of nitrogens with zero attached hydrogens (tertiary/aromatic N) is 1.